The summed E-state index contributed by atoms with van der Waals surface area (Å²) in [5.41, 5.74) is 5.58. The van der Waals surface area contributed by atoms with Crippen LogP contribution in [-0.2, 0) is 9.59 Å². The van der Waals surface area contributed by atoms with E-state index in [1.807, 2.05) is 0 Å². The van der Waals surface area contributed by atoms with Crippen molar-refractivity contribution in [3.05, 3.63) is 0 Å². The van der Waals surface area contributed by atoms with Crippen molar-refractivity contribution < 1.29 is 14.7 Å². The average Bonchev–Trinajstić information content (AvgIpc) is 2.00. The molecule has 1 amide bonds. The first kappa shape index (κ1) is 13.2. The number of hydrogen-bond donors (Lipinski definition) is 4. The number of carbonyl (C=O) groups is 2. The maximum atomic E-state index is 11.3. The quantitative estimate of drug-likeness (QED) is 0.475. The molecule has 0 saturated carbocycles. The van der Waals surface area contributed by atoms with Gasteiger partial charge in [-0.15, -0.1) is 0 Å². The molecular formula is C8H16N2O3S. The van der Waals surface area contributed by atoms with E-state index in [1.54, 1.807) is 13.8 Å². The zero-order valence-corrected chi connectivity index (χ0v) is 9.17. The van der Waals surface area contributed by atoms with E-state index >= 15 is 0 Å². The van der Waals surface area contributed by atoms with Crippen molar-refractivity contribution in [1.29, 1.82) is 0 Å². The van der Waals surface area contributed by atoms with E-state index in [2.05, 4.69) is 17.9 Å². The second-order valence-corrected chi connectivity index (χ2v) is 4.72. The summed E-state index contributed by atoms with van der Waals surface area (Å²) < 4.78 is -0.618. The Labute approximate surface area is 88.5 Å². The van der Waals surface area contributed by atoms with Gasteiger partial charge in [0.05, 0.1) is 12.5 Å². The molecule has 4 N–H and O–H groups in total. The second-order valence-electron chi connectivity index (χ2n) is 3.57. The van der Waals surface area contributed by atoms with Gasteiger partial charge in [0.15, 0.2) is 0 Å². The molecule has 0 aromatic rings. The van der Waals surface area contributed by atoms with Crippen LogP contribution in [0.5, 0.6) is 0 Å². The zero-order valence-electron chi connectivity index (χ0n) is 8.28. The first-order valence-electron chi connectivity index (χ1n) is 4.22. The van der Waals surface area contributed by atoms with Gasteiger partial charge in [0.2, 0.25) is 5.91 Å². The molecule has 82 valence electrons. The van der Waals surface area contributed by atoms with Gasteiger partial charge in [-0.3, -0.25) is 9.59 Å². The van der Waals surface area contributed by atoms with Crippen LogP contribution in [-0.4, -0.2) is 34.3 Å². The minimum atomic E-state index is -0.955. The van der Waals surface area contributed by atoms with Crippen LogP contribution in [0.4, 0.5) is 0 Å². The molecule has 0 aliphatic carbocycles. The van der Waals surface area contributed by atoms with Crippen molar-refractivity contribution in [2.75, 3.05) is 6.54 Å². The molecule has 0 heterocycles. The fourth-order valence-electron chi connectivity index (χ4n) is 0.723. The third-order valence-electron chi connectivity index (χ3n) is 1.68. The van der Waals surface area contributed by atoms with Gasteiger partial charge in [0.25, 0.3) is 0 Å². The highest BCUT2D eigenvalue weighted by Crippen LogP contribution is 2.15. The van der Waals surface area contributed by atoms with E-state index < -0.39 is 16.8 Å². The maximum Gasteiger partial charge on any atom is 0.305 e. The van der Waals surface area contributed by atoms with Crippen LogP contribution in [0.25, 0.3) is 0 Å². The lowest BCUT2D eigenvalue weighted by Gasteiger charge is -2.24. The van der Waals surface area contributed by atoms with E-state index in [-0.39, 0.29) is 18.9 Å². The van der Waals surface area contributed by atoms with Gasteiger partial charge >= 0.3 is 5.97 Å². The van der Waals surface area contributed by atoms with Gasteiger partial charge in [0.1, 0.15) is 0 Å². The molecule has 0 fully saturated rings. The van der Waals surface area contributed by atoms with E-state index in [0.717, 1.165) is 0 Å². The molecule has 0 spiro atoms. The number of thiol groups is 1. The van der Waals surface area contributed by atoms with E-state index in [0.29, 0.717) is 0 Å². The number of rotatable bonds is 5. The Bertz CT molecular complexity index is 225. The number of aliphatic carboxylic acids is 1. The molecule has 0 bridgehead atoms. The third kappa shape index (κ3) is 5.08. The fourth-order valence-corrected chi connectivity index (χ4v) is 0.841. The van der Waals surface area contributed by atoms with Crippen LogP contribution >= 0.6 is 12.6 Å². The van der Waals surface area contributed by atoms with E-state index in [9.17, 15) is 9.59 Å². The highest BCUT2D eigenvalue weighted by atomic mass is 32.1. The van der Waals surface area contributed by atoms with Crippen molar-refractivity contribution in [3.8, 4) is 0 Å². The summed E-state index contributed by atoms with van der Waals surface area (Å²) in [4.78, 5) is 21.4. The van der Waals surface area contributed by atoms with Gasteiger partial charge in [-0.05, 0) is 13.8 Å². The Morgan fingerprint density at radius 2 is 2.07 bits per heavy atom. The van der Waals surface area contributed by atoms with Crippen LogP contribution < -0.4 is 11.1 Å². The first-order valence-corrected chi connectivity index (χ1v) is 4.67. The van der Waals surface area contributed by atoms with Crippen molar-refractivity contribution in [3.63, 3.8) is 0 Å². The summed E-state index contributed by atoms with van der Waals surface area (Å²) >= 11 is 4.15. The third-order valence-corrected chi connectivity index (χ3v) is 1.96. The van der Waals surface area contributed by atoms with Crippen LogP contribution in [0.15, 0.2) is 0 Å². The van der Waals surface area contributed by atoms with E-state index in [1.165, 1.54) is 0 Å². The largest absolute Gasteiger partial charge is 0.481 e. The molecule has 0 saturated heterocycles. The summed E-state index contributed by atoms with van der Waals surface area (Å²) in [6.45, 7) is 3.53. The Hall–Kier alpha value is -0.750. The Balaban J connectivity index is 3.91. The molecule has 0 radical (unpaired) electrons. The molecule has 0 aromatic heterocycles. The molecule has 6 heteroatoms. The average molecular weight is 220 g/mol. The predicted molar refractivity (Wildman–Crippen MR) is 56.3 cm³/mol. The molecule has 0 aromatic carbocycles. The molecule has 0 rings (SSSR count). The second kappa shape index (κ2) is 5.21. The summed E-state index contributed by atoms with van der Waals surface area (Å²) in [5.74, 6) is -1.34. The SMILES string of the molecule is CC(C)(S)[C@@H](N)C(=O)NCCC(=O)O. The number of carbonyl (C=O) groups excluding carboxylic acids is 1. The Morgan fingerprint density at radius 1 is 1.57 bits per heavy atom. The smallest absolute Gasteiger partial charge is 0.305 e. The van der Waals surface area contributed by atoms with Crippen LogP contribution in [0.1, 0.15) is 20.3 Å². The number of nitrogens with one attached hydrogen (secondary N) is 1. The summed E-state index contributed by atoms with van der Waals surface area (Å²) in [6.07, 6.45) is -0.106. The van der Waals surface area contributed by atoms with Gasteiger partial charge in [0, 0.05) is 11.3 Å². The van der Waals surface area contributed by atoms with Gasteiger partial charge in [-0.25, -0.2) is 0 Å². The van der Waals surface area contributed by atoms with Gasteiger partial charge in [-0.1, -0.05) is 0 Å². The summed E-state index contributed by atoms with van der Waals surface area (Å²) in [6, 6.07) is -0.750. The molecule has 14 heavy (non-hydrogen) atoms. The number of hydrogen-bond acceptors (Lipinski definition) is 4. The Kier molecular flexibility index (Phi) is 4.93. The highest BCUT2D eigenvalue weighted by Gasteiger charge is 2.28. The standard InChI is InChI=1S/C8H16N2O3S/c1-8(2,14)6(9)7(13)10-4-3-5(11)12/h6,14H,3-4,9H2,1-2H3,(H,10,13)(H,11,12)/t6-/m0/s1. The predicted octanol–water partition coefficient (Wildman–Crippen LogP) is -0.387. The van der Waals surface area contributed by atoms with Crippen LogP contribution in [0, 0.1) is 0 Å². The van der Waals surface area contributed by atoms with Crippen molar-refractivity contribution in [2.45, 2.75) is 31.1 Å². The fraction of sp³-hybridized carbons (Fsp3) is 0.750. The monoisotopic (exact) mass is 220 g/mol. The number of carboxylic acids is 1. The zero-order chi connectivity index (χ0) is 11.4. The summed E-state index contributed by atoms with van der Waals surface area (Å²) in [5, 5.41) is 10.8. The molecule has 0 aliphatic heterocycles. The lowest BCUT2D eigenvalue weighted by atomic mass is 10.0. The highest BCUT2D eigenvalue weighted by molar-refractivity contribution is 7.81. The van der Waals surface area contributed by atoms with Crippen molar-refractivity contribution >= 4 is 24.5 Å². The Morgan fingerprint density at radius 3 is 2.43 bits per heavy atom. The van der Waals surface area contributed by atoms with E-state index in [4.69, 9.17) is 10.8 Å². The lowest BCUT2D eigenvalue weighted by Crippen LogP contribution is -2.51. The van der Waals surface area contributed by atoms with Gasteiger partial charge < -0.3 is 16.2 Å². The number of nitrogens with two attached hydrogens (primary N) is 1. The van der Waals surface area contributed by atoms with Crippen molar-refractivity contribution in [1.82, 2.24) is 5.32 Å². The van der Waals surface area contributed by atoms with Crippen molar-refractivity contribution in [2.24, 2.45) is 5.73 Å². The van der Waals surface area contributed by atoms with Crippen LogP contribution in [0.3, 0.4) is 0 Å². The minimum Gasteiger partial charge on any atom is -0.481 e. The van der Waals surface area contributed by atoms with Crippen LogP contribution in [0.2, 0.25) is 0 Å². The summed E-state index contributed by atoms with van der Waals surface area (Å²) in [7, 11) is 0. The molecule has 5 nitrogen and oxygen atoms in total. The minimum absolute atomic E-state index is 0.0890. The van der Waals surface area contributed by atoms with Gasteiger partial charge in [-0.2, -0.15) is 12.6 Å². The molecular weight excluding hydrogens is 204 g/mol. The lowest BCUT2D eigenvalue weighted by molar-refractivity contribution is -0.136. The first-order chi connectivity index (χ1) is 6.25. The number of amides is 1. The maximum absolute atomic E-state index is 11.3. The topological polar surface area (TPSA) is 92.4 Å². The molecule has 1 atom stereocenters. The number of carboxylic acid groups (broad SMARTS) is 1. The molecule has 0 aliphatic rings. The normalized spacial score (nSPS) is 13.4. The molecule has 0 unspecified atom stereocenters.